The van der Waals surface area contributed by atoms with Crippen LogP contribution in [0.15, 0.2) is 0 Å². The first-order chi connectivity index (χ1) is 10.4. The quantitative estimate of drug-likeness (QED) is 0.814. The first-order valence-corrected chi connectivity index (χ1v) is 8.71. The molecule has 4 heteroatoms. The summed E-state index contributed by atoms with van der Waals surface area (Å²) in [6.07, 6.45) is 4.00. The van der Waals surface area contributed by atoms with E-state index in [1.54, 1.807) is 0 Å². The van der Waals surface area contributed by atoms with E-state index in [9.17, 15) is 9.90 Å². The minimum atomic E-state index is -0.618. The summed E-state index contributed by atoms with van der Waals surface area (Å²) < 4.78 is 12.2. The van der Waals surface area contributed by atoms with Gasteiger partial charge in [0.05, 0.1) is 13.2 Å². The number of hydrogen-bond donors (Lipinski definition) is 1. The zero-order chi connectivity index (χ0) is 16.2. The SMILES string of the molecule is C[C@@H]1[C@@H](C)C[C@@]2([C@H](C)CO)CCC3(OCCO3)[C@H]2[C@]1(C)C=O. The monoisotopic (exact) mass is 310 g/mol. The molecular formula is C18H30O4. The summed E-state index contributed by atoms with van der Waals surface area (Å²) in [5, 5.41) is 9.89. The molecule has 3 fully saturated rings. The molecule has 3 rings (SSSR count). The topological polar surface area (TPSA) is 55.8 Å². The van der Waals surface area contributed by atoms with E-state index in [4.69, 9.17) is 9.47 Å². The first kappa shape index (κ1) is 16.4. The second kappa shape index (κ2) is 5.29. The van der Waals surface area contributed by atoms with E-state index >= 15 is 0 Å². The van der Waals surface area contributed by atoms with Crippen molar-refractivity contribution >= 4 is 6.29 Å². The maximum atomic E-state index is 12.2. The minimum Gasteiger partial charge on any atom is -0.396 e. The predicted molar refractivity (Wildman–Crippen MR) is 83.2 cm³/mol. The van der Waals surface area contributed by atoms with Gasteiger partial charge in [-0.3, -0.25) is 0 Å². The molecule has 22 heavy (non-hydrogen) atoms. The molecule has 0 unspecified atom stereocenters. The summed E-state index contributed by atoms with van der Waals surface area (Å²) in [5.74, 6) is 0.307. The van der Waals surface area contributed by atoms with E-state index in [0.29, 0.717) is 19.1 Å². The lowest BCUT2D eigenvalue weighted by molar-refractivity contribution is -0.248. The molecule has 3 aliphatic rings. The molecule has 0 aromatic rings. The van der Waals surface area contributed by atoms with Gasteiger partial charge in [0, 0.05) is 24.4 Å². The van der Waals surface area contributed by atoms with Gasteiger partial charge in [-0.1, -0.05) is 27.7 Å². The molecule has 0 aromatic carbocycles. The van der Waals surface area contributed by atoms with Crippen molar-refractivity contribution < 1.29 is 19.4 Å². The normalized spacial score (nSPS) is 48.3. The number of hydrogen-bond acceptors (Lipinski definition) is 4. The Hall–Kier alpha value is -0.450. The summed E-state index contributed by atoms with van der Waals surface area (Å²) in [6.45, 7) is 10.0. The Labute approximate surface area is 133 Å². The standard InChI is InChI=1S/C18H30O4/c1-12-9-17(13(2)10-19)5-6-18(21-7-8-22-18)15(17)16(4,11-20)14(12)3/h11-15,19H,5-10H2,1-4H3/t12-,13+,14+,15-,16+,17+/m0/s1. The number of rotatable bonds is 3. The Kier molecular flexibility index (Phi) is 3.94. The van der Waals surface area contributed by atoms with E-state index in [1.165, 1.54) is 0 Å². The van der Waals surface area contributed by atoms with Crippen molar-refractivity contribution in [1.82, 2.24) is 0 Å². The zero-order valence-electron chi connectivity index (χ0n) is 14.3. The van der Waals surface area contributed by atoms with Crippen LogP contribution in [0.4, 0.5) is 0 Å². The van der Waals surface area contributed by atoms with Crippen molar-refractivity contribution in [3.05, 3.63) is 0 Å². The van der Waals surface area contributed by atoms with Crippen molar-refractivity contribution in [2.75, 3.05) is 19.8 Å². The Morgan fingerprint density at radius 1 is 1.27 bits per heavy atom. The van der Waals surface area contributed by atoms with Gasteiger partial charge >= 0.3 is 0 Å². The van der Waals surface area contributed by atoms with Gasteiger partial charge in [-0.2, -0.15) is 0 Å². The van der Waals surface area contributed by atoms with Crippen LogP contribution in [0.1, 0.15) is 47.0 Å². The number of aldehydes is 1. The summed E-state index contributed by atoms with van der Waals surface area (Å²) >= 11 is 0. The number of carbonyl (C=O) groups is 1. The molecule has 6 atom stereocenters. The van der Waals surface area contributed by atoms with E-state index in [2.05, 4.69) is 27.7 Å². The lowest BCUT2D eigenvalue weighted by atomic mass is 9.47. The van der Waals surface area contributed by atoms with Gasteiger partial charge in [0.15, 0.2) is 5.79 Å². The van der Waals surface area contributed by atoms with Gasteiger partial charge in [-0.25, -0.2) is 0 Å². The predicted octanol–water partition coefficient (Wildman–Crippen LogP) is 2.64. The fourth-order valence-electron chi connectivity index (χ4n) is 5.97. The summed E-state index contributed by atoms with van der Waals surface area (Å²) in [7, 11) is 0. The van der Waals surface area contributed by atoms with Crippen LogP contribution in [0.25, 0.3) is 0 Å². The Bertz CT molecular complexity index is 444. The molecule has 0 amide bonds. The molecule has 1 heterocycles. The van der Waals surface area contributed by atoms with Crippen LogP contribution in [0.5, 0.6) is 0 Å². The van der Waals surface area contributed by atoms with Crippen LogP contribution < -0.4 is 0 Å². The van der Waals surface area contributed by atoms with Crippen LogP contribution >= 0.6 is 0 Å². The van der Waals surface area contributed by atoms with Crippen molar-refractivity contribution in [3.63, 3.8) is 0 Å². The molecule has 1 saturated heterocycles. The Balaban J connectivity index is 2.14. The van der Waals surface area contributed by atoms with Crippen LogP contribution in [-0.2, 0) is 14.3 Å². The Morgan fingerprint density at radius 2 is 1.91 bits per heavy atom. The van der Waals surface area contributed by atoms with E-state index < -0.39 is 11.2 Å². The largest absolute Gasteiger partial charge is 0.396 e. The molecular weight excluding hydrogens is 280 g/mol. The molecule has 126 valence electrons. The average Bonchev–Trinajstić information content (AvgIpc) is 3.11. The highest BCUT2D eigenvalue weighted by molar-refractivity contribution is 5.61. The lowest BCUT2D eigenvalue weighted by Gasteiger charge is -2.58. The highest BCUT2D eigenvalue weighted by atomic mass is 16.7. The molecule has 0 aromatic heterocycles. The first-order valence-electron chi connectivity index (χ1n) is 8.71. The van der Waals surface area contributed by atoms with E-state index in [-0.39, 0.29) is 29.8 Å². The molecule has 1 aliphatic heterocycles. The molecule has 2 saturated carbocycles. The molecule has 1 N–H and O–H groups in total. The van der Waals surface area contributed by atoms with Crippen LogP contribution in [0.2, 0.25) is 0 Å². The van der Waals surface area contributed by atoms with Gasteiger partial charge in [0.1, 0.15) is 6.29 Å². The summed E-state index contributed by atoms with van der Waals surface area (Å²) in [5.41, 5.74) is -0.539. The maximum absolute atomic E-state index is 12.2. The third kappa shape index (κ3) is 1.90. The smallest absolute Gasteiger partial charge is 0.172 e. The molecule has 0 bridgehead atoms. The van der Waals surface area contributed by atoms with Crippen LogP contribution in [-0.4, -0.2) is 37.0 Å². The minimum absolute atomic E-state index is 0.0286. The van der Waals surface area contributed by atoms with Gasteiger partial charge in [-0.05, 0) is 36.0 Å². The second-order valence-corrected chi connectivity index (χ2v) is 8.21. The highest BCUT2D eigenvalue weighted by Gasteiger charge is 2.70. The maximum Gasteiger partial charge on any atom is 0.172 e. The number of aliphatic hydroxyl groups is 1. The molecule has 1 spiro atoms. The van der Waals surface area contributed by atoms with Gasteiger partial charge in [0.2, 0.25) is 0 Å². The number of fused-ring (bicyclic) bond motifs is 2. The average molecular weight is 310 g/mol. The van der Waals surface area contributed by atoms with Gasteiger partial charge in [-0.15, -0.1) is 0 Å². The van der Waals surface area contributed by atoms with E-state index in [0.717, 1.165) is 25.5 Å². The van der Waals surface area contributed by atoms with Crippen molar-refractivity contribution in [3.8, 4) is 0 Å². The highest BCUT2D eigenvalue weighted by Crippen LogP contribution is 2.69. The van der Waals surface area contributed by atoms with Crippen LogP contribution in [0.3, 0.4) is 0 Å². The van der Waals surface area contributed by atoms with Crippen molar-refractivity contribution in [2.45, 2.75) is 52.7 Å². The third-order valence-electron chi connectivity index (χ3n) is 7.40. The molecule has 4 nitrogen and oxygen atoms in total. The number of aliphatic hydroxyl groups excluding tert-OH is 1. The van der Waals surface area contributed by atoms with Crippen molar-refractivity contribution in [1.29, 1.82) is 0 Å². The van der Waals surface area contributed by atoms with E-state index in [1.807, 2.05) is 0 Å². The van der Waals surface area contributed by atoms with Crippen LogP contribution in [0, 0.1) is 34.5 Å². The number of carbonyl (C=O) groups excluding carboxylic acids is 1. The van der Waals surface area contributed by atoms with Crippen molar-refractivity contribution in [2.24, 2.45) is 34.5 Å². The summed E-state index contributed by atoms with van der Waals surface area (Å²) in [6, 6.07) is 0. The Morgan fingerprint density at radius 3 is 2.45 bits per heavy atom. The van der Waals surface area contributed by atoms with Gasteiger partial charge in [0.25, 0.3) is 0 Å². The molecule has 2 aliphatic carbocycles. The second-order valence-electron chi connectivity index (χ2n) is 8.21. The fourth-order valence-corrected chi connectivity index (χ4v) is 5.97. The number of ether oxygens (including phenoxy) is 2. The fraction of sp³-hybridized carbons (Fsp3) is 0.944. The zero-order valence-corrected chi connectivity index (χ0v) is 14.3. The van der Waals surface area contributed by atoms with Gasteiger partial charge < -0.3 is 19.4 Å². The molecule has 0 radical (unpaired) electrons. The lowest BCUT2D eigenvalue weighted by Crippen LogP contribution is -2.60. The third-order valence-corrected chi connectivity index (χ3v) is 7.40. The summed E-state index contributed by atoms with van der Waals surface area (Å²) in [4.78, 5) is 12.2.